The Labute approximate surface area is 153 Å². The maximum Gasteiger partial charge on any atom is 0.238 e. The van der Waals surface area contributed by atoms with Gasteiger partial charge in [-0.2, -0.15) is 0 Å². The molecule has 2 N–H and O–H groups in total. The number of rotatable bonds is 2. The van der Waals surface area contributed by atoms with Crippen LogP contribution in [0.5, 0.6) is 11.5 Å². The zero-order chi connectivity index (χ0) is 17.9. The number of benzene rings is 2. The molecular formula is C20H23N3O3. The molecule has 6 heteroatoms. The number of carbonyl (C=O) groups excluding carboxylic acids is 1. The van der Waals surface area contributed by atoms with Crippen LogP contribution in [0.1, 0.15) is 0 Å². The molecular weight excluding hydrogens is 330 g/mol. The molecule has 1 atom stereocenters. The van der Waals surface area contributed by atoms with Crippen molar-refractivity contribution < 1.29 is 14.3 Å². The summed E-state index contributed by atoms with van der Waals surface area (Å²) < 4.78 is 11.3. The molecule has 0 aliphatic carbocycles. The highest BCUT2D eigenvalue weighted by Crippen LogP contribution is 2.33. The van der Waals surface area contributed by atoms with E-state index >= 15 is 0 Å². The fourth-order valence-corrected chi connectivity index (χ4v) is 3.47. The quantitative estimate of drug-likeness (QED) is 0.864. The van der Waals surface area contributed by atoms with Crippen LogP contribution in [0.4, 0.5) is 5.69 Å². The fraction of sp³-hybridized carbons (Fsp3) is 0.350. The van der Waals surface area contributed by atoms with Gasteiger partial charge in [0.05, 0.1) is 25.4 Å². The zero-order valence-electron chi connectivity index (χ0n) is 14.8. The molecule has 0 radical (unpaired) electrons. The van der Waals surface area contributed by atoms with Gasteiger partial charge in [0, 0.05) is 19.6 Å². The van der Waals surface area contributed by atoms with Gasteiger partial charge < -0.3 is 20.1 Å². The van der Waals surface area contributed by atoms with Crippen molar-refractivity contribution in [1.82, 2.24) is 10.2 Å². The van der Waals surface area contributed by atoms with Crippen molar-refractivity contribution in [3.05, 3.63) is 42.5 Å². The lowest BCUT2D eigenvalue weighted by Crippen LogP contribution is -2.55. The third-order valence-corrected chi connectivity index (χ3v) is 4.91. The Morgan fingerprint density at radius 1 is 1.19 bits per heavy atom. The Morgan fingerprint density at radius 2 is 2.08 bits per heavy atom. The van der Waals surface area contributed by atoms with Gasteiger partial charge in [-0.15, -0.1) is 0 Å². The predicted octanol–water partition coefficient (Wildman–Crippen LogP) is 1.97. The summed E-state index contributed by atoms with van der Waals surface area (Å²) in [5.41, 5.74) is 2.75. The lowest BCUT2D eigenvalue weighted by molar-refractivity contribution is -0.118. The van der Waals surface area contributed by atoms with Crippen LogP contribution in [-0.2, 0) is 4.79 Å². The second-order valence-corrected chi connectivity index (χ2v) is 6.63. The Balaban J connectivity index is 1.64. The minimum Gasteiger partial charge on any atom is -0.497 e. The number of ether oxygens (including phenoxy) is 2. The average Bonchev–Trinajstić information content (AvgIpc) is 2.74. The van der Waals surface area contributed by atoms with Crippen LogP contribution < -0.4 is 20.1 Å². The van der Waals surface area contributed by atoms with Crippen molar-refractivity contribution >= 4 is 11.6 Å². The molecule has 136 valence electrons. The molecule has 2 aliphatic heterocycles. The Morgan fingerprint density at radius 3 is 2.96 bits per heavy atom. The molecule has 2 heterocycles. The van der Waals surface area contributed by atoms with E-state index in [1.165, 1.54) is 0 Å². The second kappa shape index (κ2) is 7.35. The van der Waals surface area contributed by atoms with Crippen molar-refractivity contribution in [2.45, 2.75) is 6.04 Å². The number of piperazine rings is 1. The van der Waals surface area contributed by atoms with Gasteiger partial charge in [-0.1, -0.05) is 18.2 Å². The van der Waals surface area contributed by atoms with Crippen molar-refractivity contribution in [1.29, 1.82) is 0 Å². The van der Waals surface area contributed by atoms with Crippen molar-refractivity contribution in [2.24, 2.45) is 0 Å². The number of nitrogens with zero attached hydrogens (tertiary/aromatic N) is 1. The number of anilines is 1. The normalized spacial score (nSPS) is 20.5. The predicted molar refractivity (Wildman–Crippen MR) is 101 cm³/mol. The third kappa shape index (κ3) is 3.52. The van der Waals surface area contributed by atoms with Crippen LogP contribution in [-0.4, -0.2) is 56.7 Å². The van der Waals surface area contributed by atoms with E-state index in [1.807, 2.05) is 42.5 Å². The minimum absolute atomic E-state index is 0.00792. The summed E-state index contributed by atoms with van der Waals surface area (Å²) in [6.07, 6.45) is 0. The molecule has 4 rings (SSSR count). The van der Waals surface area contributed by atoms with Crippen LogP contribution in [0.25, 0.3) is 11.1 Å². The summed E-state index contributed by atoms with van der Waals surface area (Å²) in [6, 6.07) is 14.0. The summed E-state index contributed by atoms with van der Waals surface area (Å²) in [4.78, 5) is 14.7. The summed E-state index contributed by atoms with van der Waals surface area (Å²) in [5.74, 6) is 1.50. The van der Waals surface area contributed by atoms with E-state index in [0.717, 1.165) is 36.5 Å². The molecule has 26 heavy (non-hydrogen) atoms. The first-order valence-corrected chi connectivity index (χ1v) is 8.89. The van der Waals surface area contributed by atoms with Gasteiger partial charge in [-0.3, -0.25) is 9.69 Å². The number of hydrogen-bond acceptors (Lipinski definition) is 5. The lowest BCUT2D eigenvalue weighted by Gasteiger charge is -2.34. The third-order valence-electron chi connectivity index (χ3n) is 4.91. The second-order valence-electron chi connectivity index (χ2n) is 6.63. The number of hydrogen-bond donors (Lipinski definition) is 2. The van der Waals surface area contributed by atoms with Crippen molar-refractivity contribution in [3.63, 3.8) is 0 Å². The number of carbonyl (C=O) groups is 1. The van der Waals surface area contributed by atoms with Crippen LogP contribution in [0, 0.1) is 0 Å². The highest BCUT2D eigenvalue weighted by Gasteiger charge is 2.27. The average molecular weight is 353 g/mol. The van der Waals surface area contributed by atoms with Crippen LogP contribution in [0.15, 0.2) is 42.5 Å². The monoisotopic (exact) mass is 353 g/mol. The van der Waals surface area contributed by atoms with E-state index in [4.69, 9.17) is 9.47 Å². The topological polar surface area (TPSA) is 62.8 Å². The SMILES string of the molecule is COc1cccc(-c2ccc3c(c2)NC(=O)CN2CCNC[C@@H]2CO3)c1. The first-order valence-electron chi connectivity index (χ1n) is 8.89. The number of fused-ring (bicyclic) bond motifs is 2. The van der Waals surface area contributed by atoms with Gasteiger partial charge in [0.15, 0.2) is 0 Å². The molecule has 2 aliphatic rings. The maximum absolute atomic E-state index is 12.5. The first-order chi connectivity index (χ1) is 12.7. The van der Waals surface area contributed by atoms with E-state index < -0.39 is 0 Å². The summed E-state index contributed by atoms with van der Waals surface area (Å²) in [5, 5.41) is 6.38. The maximum atomic E-state index is 12.5. The smallest absolute Gasteiger partial charge is 0.238 e. The molecule has 2 aromatic rings. The molecule has 0 spiro atoms. The van der Waals surface area contributed by atoms with Crippen LogP contribution in [0.3, 0.4) is 0 Å². The highest BCUT2D eigenvalue weighted by molar-refractivity contribution is 5.94. The van der Waals surface area contributed by atoms with Gasteiger partial charge in [-0.25, -0.2) is 0 Å². The molecule has 1 saturated heterocycles. The summed E-state index contributed by atoms with van der Waals surface area (Å²) in [6.45, 7) is 3.54. The Kier molecular flexibility index (Phi) is 4.77. The molecule has 6 nitrogen and oxygen atoms in total. The van der Waals surface area contributed by atoms with Gasteiger partial charge in [0.1, 0.15) is 18.1 Å². The fourth-order valence-electron chi connectivity index (χ4n) is 3.47. The lowest BCUT2D eigenvalue weighted by atomic mass is 10.0. The Bertz CT molecular complexity index is 809. The van der Waals surface area contributed by atoms with Gasteiger partial charge in [0.2, 0.25) is 5.91 Å². The van der Waals surface area contributed by atoms with E-state index in [1.54, 1.807) is 7.11 Å². The Hall–Kier alpha value is -2.57. The molecule has 0 bridgehead atoms. The largest absolute Gasteiger partial charge is 0.497 e. The molecule has 2 aromatic carbocycles. The van der Waals surface area contributed by atoms with E-state index in [-0.39, 0.29) is 11.9 Å². The summed E-state index contributed by atoms with van der Waals surface area (Å²) in [7, 11) is 1.65. The zero-order valence-corrected chi connectivity index (χ0v) is 14.8. The number of methoxy groups -OCH3 is 1. The van der Waals surface area contributed by atoms with Gasteiger partial charge in [-0.05, 0) is 35.4 Å². The first kappa shape index (κ1) is 16.9. The van der Waals surface area contributed by atoms with Crippen LogP contribution in [0.2, 0.25) is 0 Å². The van der Waals surface area contributed by atoms with Gasteiger partial charge in [0.25, 0.3) is 0 Å². The number of nitrogens with one attached hydrogen (secondary N) is 2. The molecule has 0 saturated carbocycles. The minimum atomic E-state index is -0.00792. The number of amides is 1. The van der Waals surface area contributed by atoms with Crippen LogP contribution >= 0.6 is 0 Å². The molecule has 1 fully saturated rings. The van der Waals surface area contributed by atoms with E-state index in [0.29, 0.717) is 24.6 Å². The van der Waals surface area contributed by atoms with Gasteiger partial charge >= 0.3 is 0 Å². The standard InChI is InChI=1S/C20H23N3O3/c1-25-17-4-2-3-14(9-17)15-5-6-19-18(10-15)22-20(24)12-23-8-7-21-11-16(23)13-26-19/h2-6,9-10,16,21H,7-8,11-13H2,1H3,(H,22,24)/t16-/m1/s1. The molecule has 0 aromatic heterocycles. The van der Waals surface area contributed by atoms with E-state index in [2.05, 4.69) is 15.5 Å². The molecule has 1 amide bonds. The summed E-state index contributed by atoms with van der Waals surface area (Å²) >= 11 is 0. The van der Waals surface area contributed by atoms with Crippen molar-refractivity contribution in [3.8, 4) is 22.6 Å². The highest BCUT2D eigenvalue weighted by atomic mass is 16.5. The molecule has 0 unspecified atom stereocenters. The van der Waals surface area contributed by atoms with E-state index in [9.17, 15) is 4.79 Å². The van der Waals surface area contributed by atoms with Crippen molar-refractivity contribution in [2.75, 3.05) is 45.2 Å².